The monoisotopic (exact) mass is 318 g/mol. The number of aliphatic hydroxyl groups excluding tert-OH is 1. The molecule has 0 saturated carbocycles. The molecule has 0 aromatic heterocycles. The fourth-order valence-corrected chi connectivity index (χ4v) is 3.55. The van der Waals surface area contributed by atoms with Crippen LogP contribution in [0.15, 0.2) is 24.3 Å². The lowest BCUT2D eigenvalue weighted by molar-refractivity contribution is 0.0382. The minimum Gasteiger partial charge on any atom is -0.395 e. The van der Waals surface area contributed by atoms with E-state index in [9.17, 15) is 5.11 Å². The number of nitrogens with zero attached hydrogens (tertiary/aromatic N) is 2. The number of rotatable bonds is 5. The highest BCUT2D eigenvalue weighted by Crippen LogP contribution is 2.36. The van der Waals surface area contributed by atoms with Crippen molar-refractivity contribution in [1.29, 1.82) is 0 Å². The van der Waals surface area contributed by atoms with Gasteiger partial charge in [0.25, 0.3) is 0 Å². The summed E-state index contributed by atoms with van der Waals surface area (Å²) >= 11 is 0. The predicted octanol–water partition coefficient (Wildman–Crippen LogP) is 3.32. The molecule has 1 aliphatic heterocycles. The molecule has 1 atom stereocenters. The van der Waals surface area contributed by atoms with Crippen LogP contribution < -0.4 is 0 Å². The first-order valence-corrected chi connectivity index (χ1v) is 8.80. The molecule has 130 valence electrons. The molecule has 3 heteroatoms. The topological polar surface area (TPSA) is 26.7 Å². The standard InChI is InChI=1S/C20H34N2O/c1-19(2,3)17-9-7-16(8-10-17)13-20(4,5)18-14-21(6)22(15-18)11-12-23/h7-10,18,23H,11-15H2,1-6H3. The summed E-state index contributed by atoms with van der Waals surface area (Å²) in [4.78, 5) is 0. The van der Waals surface area contributed by atoms with Crippen molar-refractivity contribution in [3.8, 4) is 0 Å². The molecule has 1 N–H and O–H groups in total. The van der Waals surface area contributed by atoms with Gasteiger partial charge in [-0.15, -0.1) is 0 Å². The van der Waals surface area contributed by atoms with Crippen LogP contribution in [0.25, 0.3) is 0 Å². The molecule has 1 saturated heterocycles. The van der Waals surface area contributed by atoms with Gasteiger partial charge in [-0.2, -0.15) is 0 Å². The predicted molar refractivity (Wildman–Crippen MR) is 97.4 cm³/mol. The zero-order chi connectivity index (χ0) is 17.3. The van der Waals surface area contributed by atoms with Gasteiger partial charge in [0.05, 0.1) is 6.61 Å². The van der Waals surface area contributed by atoms with E-state index in [4.69, 9.17) is 0 Å². The Labute approximate surface area is 142 Å². The molecule has 0 bridgehead atoms. The minimum absolute atomic E-state index is 0.215. The lowest BCUT2D eigenvalue weighted by Crippen LogP contribution is -2.35. The third-order valence-electron chi connectivity index (χ3n) is 5.34. The van der Waals surface area contributed by atoms with Crippen molar-refractivity contribution >= 4 is 0 Å². The normalized spacial score (nSPS) is 21.1. The Morgan fingerprint density at radius 3 is 2.17 bits per heavy atom. The van der Waals surface area contributed by atoms with Gasteiger partial charge in [-0.25, -0.2) is 10.0 Å². The minimum atomic E-state index is 0.215. The van der Waals surface area contributed by atoms with Gasteiger partial charge in [-0.05, 0) is 34.3 Å². The molecule has 0 amide bonds. The molecular formula is C20H34N2O. The third-order valence-corrected chi connectivity index (χ3v) is 5.34. The Hall–Kier alpha value is -0.900. The zero-order valence-corrected chi connectivity index (χ0v) is 15.8. The van der Waals surface area contributed by atoms with E-state index < -0.39 is 0 Å². The lowest BCUT2D eigenvalue weighted by Gasteiger charge is -2.31. The Morgan fingerprint density at radius 1 is 1.04 bits per heavy atom. The maximum atomic E-state index is 9.19. The molecule has 23 heavy (non-hydrogen) atoms. The number of aliphatic hydroxyl groups is 1. The van der Waals surface area contributed by atoms with Gasteiger partial charge in [-0.3, -0.25) is 0 Å². The SMILES string of the molecule is CN1CC(C(C)(C)Cc2ccc(C(C)(C)C)cc2)CN1CCO. The first kappa shape index (κ1) is 18.4. The second-order valence-corrected chi connectivity index (χ2v) is 8.79. The van der Waals surface area contributed by atoms with E-state index in [1.54, 1.807) is 0 Å². The number of hydrogen-bond acceptors (Lipinski definition) is 3. The van der Waals surface area contributed by atoms with Gasteiger partial charge in [-0.1, -0.05) is 58.9 Å². The summed E-state index contributed by atoms with van der Waals surface area (Å²) in [5.74, 6) is 0.626. The molecule has 0 radical (unpaired) electrons. The second-order valence-electron chi connectivity index (χ2n) is 8.79. The van der Waals surface area contributed by atoms with Crippen molar-refractivity contribution < 1.29 is 5.11 Å². The maximum absolute atomic E-state index is 9.19. The molecule has 0 aliphatic carbocycles. The molecule has 3 nitrogen and oxygen atoms in total. The number of hydrogen-bond donors (Lipinski definition) is 1. The van der Waals surface area contributed by atoms with Crippen LogP contribution in [-0.4, -0.2) is 48.4 Å². The highest BCUT2D eigenvalue weighted by atomic mass is 16.3. The Bertz CT molecular complexity index is 501. The summed E-state index contributed by atoms with van der Waals surface area (Å²) in [7, 11) is 2.13. The van der Waals surface area contributed by atoms with E-state index in [0.717, 1.165) is 26.1 Å². The third kappa shape index (κ3) is 4.56. The van der Waals surface area contributed by atoms with Crippen molar-refractivity contribution in [1.82, 2.24) is 10.0 Å². The highest BCUT2D eigenvalue weighted by molar-refractivity contribution is 5.28. The van der Waals surface area contributed by atoms with Crippen LogP contribution in [0.3, 0.4) is 0 Å². The second kappa shape index (κ2) is 6.92. The lowest BCUT2D eigenvalue weighted by atomic mass is 9.74. The average molecular weight is 319 g/mol. The van der Waals surface area contributed by atoms with Gasteiger partial charge in [0, 0.05) is 26.7 Å². The fraction of sp³-hybridized carbons (Fsp3) is 0.700. The van der Waals surface area contributed by atoms with Gasteiger partial charge < -0.3 is 5.11 Å². The number of benzene rings is 1. The van der Waals surface area contributed by atoms with Crippen LogP contribution in [0.2, 0.25) is 0 Å². The molecular weight excluding hydrogens is 284 g/mol. The largest absolute Gasteiger partial charge is 0.395 e. The van der Waals surface area contributed by atoms with Crippen LogP contribution >= 0.6 is 0 Å². The summed E-state index contributed by atoms with van der Waals surface area (Å²) in [5, 5.41) is 13.7. The maximum Gasteiger partial charge on any atom is 0.0572 e. The molecule has 1 aromatic rings. The molecule has 2 rings (SSSR count). The number of hydrazine groups is 1. The first-order chi connectivity index (χ1) is 10.6. The van der Waals surface area contributed by atoms with Crippen LogP contribution in [0, 0.1) is 11.3 Å². The van der Waals surface area contributed by atoms with Crippen molar-refractivity contribution in [3.05, 3.63) is 35.4 Å². The Kier molecular flexibility index (Phi) is 5.55. The molecule has 1 aromatic carbocycles. The number of β-amino-alcohol motifs (C(OH)–C–C–N with tert-alkyl or cyclic N) is 1. The van der Waals surface area contributed by atoms with Gasteiger partial charge in [0.15, 0.2) is 0 Å². The van der Waals surface area contributed by atoms with E-state index in [2.05, 4.69) is 75.9 Å². The Morgan fingerprint density at radius 2 is 1.65 bits per heavy atom. The van der Waals surface area contributed by atoms with Crippen molar-refractivity contribution in [2.45, 2.75) is 46.5 Å². The van der Waals surface area contributed by atoms with E-state index in [0.29, 0.717) is 5.92 Å². The van der Waals surface area contributed by atoms with Crippen molar-refractivity contribution in [2.75, 3.05) is 33.3 Å². The van der Waals surface area contributed by atoms with Crippen molar-refractivity contribution in [2.24, 2.45) is 11.3 Å². The summed E-state index contributed by atoms with van der Waals surface area (Å²) < 4.78 is 0. The van der Waals surface area contributed by atoms with E-state index in [1.807, 2.05) is 0 Å². The van der Waals surface area contributed by atoms with Gasteiger partial charge >= 0.3 is 0 Å². The van der Waals surface area contributed by atoms with E-state index in [-0.39, 0.29) is 17.4 Å². The molecule has 1 aliphatic rings. The van der Waals surface area contributed by atoms with E-state index in [1.165, 1.54) is 11.1 Å². The van der Waals surface area contributed by atoms with Crippen LogP contribution in [0.5, 0.6) is 0 Å². The highest BCUT2D eigenvalue weighted by Gasteiger charge is 2.37. The Balaban J connectivity index is 2.04. The smallest absolute Gasteiger partial charge is 0.0572 e. The quantitative estimate of drug-likeness (QED) is 0.902. The van der Waals surface area contributed by atoms with Gasteiger partial charge in [0.1, 0.15) is 0 Å². The average Bonchev–Trinajstić information content (AvgIpc) is 2.81. The molecule has 1 unspecified atom stereocenters. The van der Waals surface area contributed by atoms with Crippen LogP contribution in [0.1, 0.15) is 45.7 Å². The summed E-state index contributed by atoms with van der Waals surface area (Å²) in [5.41, 5.74) is 3.29. The van der Waals surface area contributed by atoms with E-state index >= 15 is 0 Å². The molecule has 0 spiro atoms. The summed E-state index contributed by atoms with van der Waals surface area (Å²) in [6, 6.07) is 9.16. The van der Waals surface area contributed by atoms with Crippen LogP contribution in [-0.2, 0) is 11.8 Å². The van der Waals surface area contributed by atoms with Gasteiger partial charge in [0.2, 0.25) is 0 Å². The first-order valence-electron chi connectivity index (χ1n) is 8.80. The van der Waals surface area contributed by atoms with Crippen molar-refractivity contribution in [3.63, 3.8) is 0 Å². The molecule has 1 heterocycles. The zero-order valence-electron chi connectivity index (χ0n) is 15.8. The summed E-state index contributed by atoms with van der Waals surface area (Å²) in [6.45, 7) is 14.6. The van der Waals surface area contributed by atoms with Crippen LogP contribution in [0.4, 0.5) is 0 Å². The summed E-state index contributed by atoms with van der Waals surface area (Å²) in [6.07, 6.45) is 1.10. The molecule has 1 fully saturated rings. The fourth-order valence-electron chi connectivity index (χ4n) is 3.55.